The Hall–Kier alpha value is -0.0400. The second-order valence-corrected chi connectivity index (χ2v) is 10.5. The molecule has 0 heterocycles. The smallest absolute Gasteiger partial charge is 0.0125 e. The van der Waals surface area contributed by atoms with Crippen molar-refractivity contribution in [2.45, 2.75) is 176 Å². The van der Waals surface area contributed by atoms with Gasteiger partial charge < -0.3 is 0 Å². The topological polar surface area (TPSA) is 3.24 Å². The highest BCUT2D eigenvalue weighted by atomic mass is 15.2. The molecule has 0 rings (SSSR count). The molecule has 0 radical (unpaired) electrons. The molecule has 0 aliphatic carbocycles. The van der Waals surface area contributed by atoms with E-state index in [2.05, 4.69) is 53.4 Å². The summed E-state index contributed by atoms with van der Waals surface area (Å²) in [6.45, 7) is 18.8. The van der Waals surface area contributed by atoms with Gasteiger partial charge in [-0.2, -0.15) is 0 Å². The van der Waals surface area contributed by atoms with E-state index in [1.165, 1.54) is 135 Å². The molecule has 30 heavy (non-hydrogen) atoms. The second kappa shape index (κ2) is 25.2. The predicted octanol–water partition coefficient (Wildman–Crippen LogP) is 10.6. The van der Waals surface area contributed by atoms with Crippen LogP contribution in [-0.4, -0.2) is 23.5 Å². The summed E-state index contributed by atoms with van der Waals surface area (Å²) >= 11 is 0. The molecule has 0 bridgehead atoms. The van der Waals surface area contributed by atoms with Gasteiger partial charge in [-0.15, -0.1) is 0 Å². The Kier molecular flexibility index (Phi) is 27.0. The Morgan fingerprint density at radius 1 is 0.367 bits per heavy atom. The zero-order chi connectivity index (χ0) is 22.9. The van der Waals surface area contributed by atoms with Crippen molar-refractivity contribution in [3.8, 4) is 0 Å². The molecule has 0 atom stereocenters. The van der Waals surface area contributed by atoms with Crippen molar-refractivity contribution >= 4 is 0 Å². The van der Waals surface area contributed by atoms with Crippen LogP contribution in [0.5, 0.6) is 0 Å². The van der Waals surface area contributed by atoms with E-state index >= 15 is 0 Å². The van der Waals surface area contributed by atoms with Gasteiger partial charge in [0.25, 0.3) is 0 Å². The van der Waals surface area contributed by atoms with Gasteiger partial charge in [-0.05, 0) is 46.7 Å². The Bertz CT molecular complexity index is 269. The average Bonchev–Trinajstić information content (AvgIpc) is 2.71. The van der Waals surface area contributed by atoms with Crippen molar-refractivity contribution in [3.05, 3.63) is 0 Å². The molecule has 0 aliphatic heterocycles. The molecule has 1 nitrogen and oxygen atoms in total. The molecule has 0 saturated heterocycles. The van der Waals surface area contributed by atoms with E-state index in [0.29, 0.717) is 5.54 Å². The predicted molar refractivity (Wildman–Crippen MR) is 142 cm³/mol. The van der Waals surface area contributed by atoms with Crippen LogP contribution in [-0.2, 0) is 0 Å². The van der Waals surface area contributed by atoms with Crippen LogP contribution in [0.25, 0.3) is 0 Å². The molecule has 0 unspecified atom stereocenters. The standard InChI is InChI=1S/C20H43N.C9H20/c1-6-8-10-12-14-16-18-21(20(3,4)5)19-17-15-13-11-9-7-2;1-3-5-7-9-8-6-4-2/h6-19H2,1-5H3;3-9H2,1-2H3. The van der Waals surface area contributed by atoms with Gasteiger partial charge in [-0.3, -0.25) is 4.90 Å². The third kappa shape index (κ3) is 26.0. The van der Waals surface area contributed by atoms with Gasteiger partial charge in [0.2, 0.25) is 0 Å². The maximum Gasteiger partial charge on any atom is 0.0125 e. The number of hydrogen-bond acceptors (Lipinski definition) is 1. The minimum atomic E-state index is 0.340. The molecule has 0 aliphatic rings. The van der Waals surface area contributed by atoms with E-state index in [1.807, 2.05) is 0 Å². The van der Waals surface area contributed by atoms with Gasteiger partial charge in [0.05, 0.1) is 0 Å². The Labute approximate surface area is 194 Å². The van der Waals surface area contributed by atoms with Gasteiger partial charge in [0, 0.05) is 5.54 Å². The lowest BCUT2D eigenvalue weighted by atomic mass is 10.0. The van der Waals surface area contributed by atoms with Gasteiger partial charge in [0.15, 0.2) is 0 Å². The molecular weight excluding hydrogens is 362 g/mol. The first kappa shape index (κ1) is 32.1. The van der Waals surface area contributed by atoms with Gasteiger partial charge >= 0.3 is 0 Å². The number of nitrogens with zero attached hydrogens (tertiary/aromatic N) is 1. The first-order chi connectivity index (χ1) is 14.4. The molecule has 0 fully saturated rings. The van der Waals surface area contributed by atoms with Crippen molar-refractivity contribution in [3.63, 3.8) is 0 Å². The lowest BCUT2D eigenvalue weighted by Crippen LogP contribution is -2.42. The summed E-state index contributed by atoms with van der Waals surface area (Å²) in [4.78, 5) is 2.71. The van der Waals surface area contributed by atoms with E-state index in [4.69, 9.17) is 0 Å². The maximum absolute atomic E-state index is 2.71. The van der Waals surface area contributed by atoms with Crippen molar-refractivity contribution in [2.75, 3.05) is 13.1 Å². The van der Waals surface area contributed by atoms with Gasteiger partial charge in [0.1, 0.15) is 0 Å². The molecule has 0 saturated carbocycles. The maximum atomic E-state index is 2.71. The van der Waals surface area contributed by atoms with Crippen LogP contribution < -0.4 is 0 Å². The summed E-state index contributed by atoms with van der Waals surface area (Å²) < 4.78 is 0. The summed E-state index contributed by atoms with van der Waals surface area (Å²) in [5, 5.41) is 0. The van der Waals surface area contributed by atoms with E-state index < -0.39 is 0 Å². The van der Waals surface area contributed by atoms with Gasteiger partial charge in [-0.1, -0.05) is 137 Å². The molecular formula is C29H63N. The monoisotopic (exact) mass is 425 g/mol. The fourth-order valence-electron chi connectivity index (χ4n) is 3.98. The van der Waals surface area contributed by atoms with Crippen molar-refractivity contribution in [1.82, 2.24) is 4.90 Å². The van der Waals surface area contributed by atoms with E-state index in [9.17, 15) is 0 Å². The summed E-state index contributed by atoms with van der Waals surface area (Å²) in [6.07, 6.45) is 26.9. The largest absolute Gasteiger partial charge is 0.298 e. The van der Waals surface area contributed by atoms with Crippen LogP contribution in [0.15, 0.2) is 0 Å². The van der Waals surface area contributed by atoms with Crippen LogP contribution in [0, 0.1) is 0 Å². The Morgan fingerprint density at radius 3 is 0.833 bits per heavy atom. The summed E-state index contributed by atoms with van der Waals surface area (Å²) in [7, 11) is 0. The van der Waals surface area contributed by atoms with Crippen molar-refractivity contribution in [2.24, 2.45) is 0 Å². The Morgan fingerprint density at radius 2 is 0.600 bits per heavy atom. The molecule has 0 aromatic heterocycles. The van der Waals surface area contributed by atoms with Crippen LogP contribution in [0.1, 0.15) is 170 Å². The van der Waals surface area contributed by atoms with E-state index in [-0.39, 0.29) is 0 Å². The SMILES string of the molecule is CCCCCCCCC.CCCCCCCCN(CCCCCCCC)C(C)(C)C. The fourth-order valence-corrected chi connectivity index (χ4v) is 3.98. The highest BCUT2D eigenvalue weighted by Gasteiger charge is 2.19. The van der Waals surface area contributed by atoms with Crippen LogP contribution in [0.4, 0.5) is 0 Å². The second-order valence-electron chi connectivity index (χ2n) is 10.5. The molecule has 1 heteroatoms. The normalized spacial score (nSPS) is 11.6. The average molecular weight is 426 g/mol. The third-order valence-corrected chi connectivity index (χ3v) is 6.22. The van der Waals surface area contributed by atoms with Gasteiger partial charge in [-0.25, -0.2) is 0 Å². The molecule has 0 aromatic carbocycles. The van der Waals surface area contributed by atoms with Crippen LogP contribution in [0.3, 0.4) is 0 Å². The molecule has 0 amide bonds. The van der Waals surface area contributed by atoms with Crippen LogP contribution in [0.2, 0.25) is 0 Å². The molecule has 0 spiro atoms. The molecule has 184 valence electrons. The van der Waals surface area contributed by atoms with Crippen molar-refractivity contribution in [1.29, 1.82) is 0 Å². The van der Waals surface area contributed by atoms with Crippen LogP contribution >= 0.6 is 0 Å². The van der Waals surface area contributed by atoms with E-state index in [0.717, 1.165) is 0 Å². The third-order valence-electron chi connectivity index (χ3n) is 6.22. The number of unbranched alkanes of at least 4 members (excludes halogenated alkanes) is 16. The quantitative estimate of drug-likeness (QED) is 0.175. The zero-order valence-corrected chi connectivity index (χ0v) is 22.8. The van der Waals surface area contributed by atoms with E-state index in [1.54, 1.807) is 0 Å². The minimum Gasteiger partial charge on any atom is -0.298 e. The molecule has 0 aromatic rings. The van der Waals surface area contributed by atoms with Crippen molar-refractivity contribution < 1.29 is 0 Å². The lowest BCUT2D eigenvalue weighted by molar-refractivity contribution is 0.130. The summed E-state index contributed by atoms with van der Waals surface area (Å²) in [6, 6.07) is 0. The summed E-state index contributed by atoms with van der Waals surface area (Å²) in [5.41, 5.74) is 0.340. The first-order valence-electron chi connectivity index (χ1n) is 14.2. The minimum absolute atomic E-state index is 0.340. The number of hydrogen-bond donors (Lipinski definition) is 0. The highest BCUT2D eigenvalue weighted by Crippen LogP contribution is 2.17. The Balaban J connectivity index is 0. The highest BCUT2D eigenvalue weighted by molar-refractivity contribution is 4.76. The zero-order valence-electron chi connectivity index (χ0n) is 22.8. The summed E-state index contributed by atoms with van der Waals surface area (Å²) in [5.74, 6) is 0. The lowest BCUT2D eigenvalue weighted by Gasteiger charge is -2.36. The molecule has 0 N–H and O–H groups in total. The fraction of sp³-hybridized carbons (Fsp3) is 1.00. The first-order valence-corrected chi connectivity index (χ1v) is 14.2. The number of rotatable bonds is 20.